The Bertz CT molecular complexity index is 1010. The maximum Gasteiger partial charge on any atom is 0.240 e. The van der Waals surface area contributed by atoms with E-state index in [0.717, 1.165) is 10.8 Å². The highest BCUT2D eigenvalue weighted by atomic mass is 35.5. The summed E-state index contributed by atoms with van der Waals surface area (Å²) in [4.78, 5) is 16.1. The molecular formula is C18H21Cl2N3O3S2. The molecule has 0 radical (unpaired) electrons. The van der Waals surface area contributed by atoms with Crippen molar-refractivity contribution < 1.29 is 13.2 Å². The van der Waals surface area contributed by atoms with Crippen molar-refractivity contribution in [2.75, 3.05) is 13.1 Å². The molecule has 3 aromatic rings. The third-order valence-electron chi connectivity index (χ3n) is 3.86. The highest BCUT2D eigenvalue weighted by Crippen LogP contribution is 2.18. The number of fused-ring (bicyclic) bond motifs is 1. The van der Waals surface area contributed by atoms with Crippen LogP contribution in [-0.2, 0) is 10.0 Å². The molecule has 1 aromatic carbocycles. The van der Waals surface area contributed by atoms with Crippen LogP contribution in [0.3, 0.4) is 0 Å². The maximum atomic E-state index is 12.5. The van der Waals surface area contributed by atoms with Crippen molar-refractivity contribution >= 4 is 62.7 Å². The number of hydrogen-bond donors (Lipinski definition) is 2. The van der Waals surface area contributed by atoms with Crippen LogP contribution in [0.2, 0.25) is 0 Å². The molecule has 6 nitrogen and oxygen atoms in total. The van der Waals surface area contributed by atoms with Gasteiger partial charge in [-0.25, -0.2) is 13.1 Å². The van der Waals surface area contributed by atoms with Crippen LogP contribution in [0.1, 0.15) is 17.3 Å². The van der Waals surface area contributed by atoms with Gasteiger partial charge in [0, 0.05) is 41.3 Å². The lowest BCUT2D eigenvalue weighted by Gasteiger charge is -2.15. The zero-order chi connectivity index (χ0) is 18.6. The summed E-state index contributed by atoms with van der Waals surface area (Å²) in [5.41, 5.74) is 0.668. The Labute approximate surface area is 180 Å². The summed E-state index contributed by atoms with van der Waals surface area (Å²) in [6.45, 7) is 2.28. The minimum absolute atomic E-state index is 0. The average Bonchev–Trinajstić information content (AvgIpc) is 3.15. The monoisotopic (exact) mass is 461 g/mol. The van der Waals surface area contributed by atoms with E-state index >= 15 is 0 Å². The number of carbonyl (C=O) groups is 1. The molecule has 2 heterocycles. The second kappa shape index (κ2) is 10.8. The second-order valence-corrected chi connectivity index (χ2v) is 8.47. The molecule has 2 aromatic heterocycles. The first kappa shape index (κ1) is 24.5. The number of halogens is 2. The first-order chi connectivity index (χ1) is 12.5. The lowest BCUT2D eigenvalue weighted by molar-refractivity contribution is 0.0991. The molecule has 10 heteroatoms. The van der Waals surface area contributed by atoms with Gasteiger partial charge in [-0.15, -0.1) is 24.8 Å². The Balaban J connectivity index is 0.00000196. The largest absolute Gasteiger partial charge is 0.308 e. The molecule has 1 unspecified atom stereocenters. The van der Waals surface area contributed by atoms with E-state index in [4.69, 9.17) is 0 Å². The van der Waals surface area contributed by atoms with E-state index < -0.39 is 10.0 Å². The molecule has 152 valence electrons. The van der Waals surface area contributed by atoms with Crippen LogP contribution in [0, 0.1) is 0 Å². The van der Waals surface area contributed by atoms with Crippen molar-refractivity contribution in [2.24, 2.45) is 0 Å². The number of pyridine rings is 1. The van der Waals surface area contributed by atoms with Crippen LogP contribution in [0.25, 0.3) is 10.8 Å². The minimum atomic E-state index is -3.64. The van der Waals surface area contributed by atoms with E-state index in [1.807, 2.05) is 5.38 Å². The zero-order valence-corrected chi connectivity index (χ0v) is 18.3. The molecule has 0 amide bonds. The molecule has 0 saturated heterocycles. The van der Waals surface area contributed by atoms with Gasteiger partial charge in [-0.05, 0) is 42.0 Å². The molecule has 3 rings (SSSR count). The average molecular weight is 462 g/mol. The van der Waals surface area contributed by atoms with Gasteiger partial charge in [0.05, 0.1) is 11.4 Å². The van der Waals surface area contributed by atoms with E-state index in [2.05, 4.69) is 15.0 Å². The van der Waals surface area contributed by atoms with Gasteiger partial charge >= 0.3 is 0 Å². The Morgan fingerprint density at radius 3 is 2.68 bits per heavy atom. The van der Waals surface area contributed by atoms with Gasteiger partial charge in [0.1, 0.15) is 0 Å². The molecule has 0 aliphatic rings. The smallest absolute Gasteiger partial charge is 0.240 e. The summed E-state index contributed by atoms with van der Waals surface area (Å²) in [6, 6.07) is 8.11. The van der Waals surface area contributed by atoms with E-state index in [0.29, 0.717) is 12.1 Å². The molecule has 0 fully saturated rings. The minimum Gasteiger partial charge on any atom is -0.308 e. The first-order valence-corrected chi connectivity index (χ1v) is 10.5. The second-order valence-electron chi connectivity index (χ2n) is 5.97. The number of aromatic nitrogens is 1. The molecule has 28 heavy (non-hydrogen) atoms. The zero-order valence-electron chi connectivity index (χ0n) is 15.0. The number of thiophene rings is 1. The van der Waals surface area contributed by atoms with Gasteiger partial charge in [0.15, 0.2) is 5.78 Å². The molecule has 0 bridgehead atoms. The molecule has 2 N–H and O–H groups in total. The Hall–Kier alpha value is -1.55. The molecular weight excluding hydrogens is 441 g/mol. The van der Waals surface area contributed by atoms with Crippen molar-refractivity contribution in [2.45, 2.75) is 17.9 Å². The van der Waals surface area contributed by atoms with Gasteiger partial charge in [-0.1, -0.05) is 6.07 Å². The number of benzene rings is 1. The van der Waals surface area contributed by atoms with E-state index in [-0.39, 0.29) is 48.1 Å². The molecule has 0 aliphatic heterocycles. The predicted octanol–water partition coefficient (Wildman–Crippen LogP) is 3.28. The van der Waals surface area contributed by atoms with Crippen molar-refractivity contribution in [3.8, 4) is 0 Å². The molecule has 0 saturated carbocycles. The third-order valence-corrected chi connectivity index (χ3v) is 6.13. The number of ketones is 1. The van der Waals surface area contributed by atoms with Gasteiger partial charge in [0.2, 0.25) is 10.0 Å². The van der Waals surface area contributed by atoms with Gasteiger partial charge in [-0.3, -0.25) is 9.78 Å². The van der Waals surface area contributed by atoms with Crippen LogP contribution >= 0.6 is 36.2 Å². The third kappa shape index (κ3) is 6.23. The van der Waals surface area contributed by atoms with E-state index in [1.165, 1.54) is 11.3 Å². The van der Waals surface area contributed by atoms with Crippen LogP contribution in [0.15, 0.2) is 58.4 Å². The van der Waals surface area contributed by atoms with Crippen LogP contribution in [0.4, 0.5) is 0 Å². The number of Topliss-reactive ketones (excluding diaryl/α,β-unsaturated/α-hetero) is 1. The Morgan fingerprint density at radius 1 is 1.18 bits per heavy atom. The standard InChI is InChI=1S/C18H19N3O3S2.2ClH/c1-13(9-20-11-18(22)16-5-7-25-12-16)21-26(23,24)17-3-2-15-10-19-6-4-14(15)8-17;;/h2-8,10,12-13,20-21H,9,11H2,1H3;2*1H. The number of nitrogens with one attached hydrogen (secondary N) is 2. The summed E-state index contributed by atoms with van der Waals surface area (Å²) >= 11 is 1.47. The predicted molar refractivity (Wildman–Crippen MR) is 118 cm³/mol. The molecule has 1 atom stereocenters. The highest BCUT2D eigenvalue weighted by molar-refractivity contribution is 7.89. The summed E-state index contributed by atoms with van der Waals surface area (Å²) in [7, 11) is -3.64. The lowest BCUT2D eigenvalue weighted by atomic mass is 10.2. The Kier molecular flexibility index (Phi) is 9.49. The normalized spacial score (nSPS) is 12.0. The number of nitrogens with zero attached hydrogens (tertiary/aromatic N) is 1. The van der Waals surface area contributed by atoms with Crippen LogP contribution in [0.5, 0.6) is 0 Å². The molecule has 0 aliphatic carbocycles. The Morgan fingerprint density at radius 2 is 1.96 bits per heavy atom. The topological polar surface area (TPSA) is 88.2 Å². The van der Waals surface area contributed by atoms with Gasteiger partial charge in [0.25, 0.3) is 0 Å². The van der Waals surface area contributed by atoms with Gasteiger partial charge < -0.3 is 5.32 Å². The van der Waals surface area contributed by atoms with Crippen molar-refractivity contribution in [3.05, 3.63) is 59.0 Å². The van der Waals surface area contributed by atoms with Crippen molar-refractivity contribution in [1.29, 1.82) is 0 Å². The highest BCUT2D eigenvalue weighted by Gasteiger charge is 2.18. The quantitative estimate of drug-likeness (QED) is 0.502. The number of rotatable bonds is 8. The number of carbonyl (C=O) groups excluding carboxylic acids is 1. The van der Waals surface area contributed by atoms with Gasteiger partial charge in [-0.2, -0.15) is 11.3 Å². The summed E-state index contributed by atoms with van der Waals surface area (Å²) in [5.74, 6) is -0.00977. The fourth-order valence-corrected chi connectivity index (χ4v) is 4.47. The van der Waals surface area contributed by atoms with E-state index in [1.54, 1.807) is 55.0 Å². The van der Waals surface area contributed by atoms with Crippen LogP contribution < -0.4 is 10.0 Å². The SMILES string of the molecule is CC(CNCC(=O)c1ccsc1)NS(=O)(=O)c1ccc2cnccc2c1.Cl.Cl. The first-order valence-electron chi connectivity index (χ1n) is 8.08. The summed E-state index contributed by atoms with van der Waals surface area (Å²) < 4.78 is 27.7. The summed E-state index contributed by atoms with van der Waals surface area (Å²) in [6.07, 6.45) is 3.32. The fraction of sp³-hybridized carbons (Fsp3) is 0.222. The number of hydrogen-bond acceptors (Lipinski definition) is 6. The van der Waals surface area contributed by atoms with E-state index in [9.17, 15) is 13.2 Å². The fourth-order valence-electron chi connectivity index (χ4n) is 2.53. The molecule has 0 spiro atoms. The van der Waals surface area contributed by atoms with Crippen LogP contribution in [-0.4, -0.2) is 38.3 Å². The number of sulfonamides is 1. The van der Waals surface area contributed by atoms with Crippen molar-refractivity contribution in [1.82, 2.24) is 15.0 Å². The van der Waals surface area contributed by atoms with Crippen molar-refractivity contribution in [3.63, 3.8) is 0 Å². The summed E-state index contributed by atoms with van der Waals surface area (Å²) in [5, 5.41) is 8.34. The maximum absolute atomic E-state index is 12.5. The lowest BCUT2D eigenvalue weighted by Crippen LogP contribution is -2.41.